The molecule has 1 saturated carbocycles. The Balaban J connectivity index is 1.47. The molecule has 0 amide bonds. The van der Waals surface area contributed by atoms with Gasteiger partial charge in [-0.25, -0.2) is 0 Å². The van der Waals surface area contributed by atoms with Crippen LogP contribution in [0.4, 0.5) is 0 Å². The van der Waals surface area contributed by atoms with E-state index in [-0.39, 0.29) is 0 Å². The first-order valence-electron chi connectivity index (χ1n) is 7.61. The molecule has 1 aliphatic carbocycles. The summed E-state index contributed by atoms with van der Waals surface area (Å²) < 4.78 is 10.9. The zero-order valence-corrected chi connectivity index (χ0v) is 13.0. The van der Waals surface area contributed by atoms with Crippen LogP contribution in [0.1, 0.15) is 25.7 Å². The van der Waals surface area contributed by atoms with Crippen LogP contribution in [0.3, 0.4) is 0 Å². The van der Waals surface area contributed by atoms with Gasteiger partial charge in [0.15, 0.2) is 0 Å². The highest BCUT2D eigenvalue weighted by molar-refractivity contribution is 6.30. The molecule has 0 aliphatic heterocycles. The lowest BCUT2D eigenvalue weighted by Crippen LogP contribution is -2.36. The molecular weight excluding hydrogens is 290 g/mol. The van der Waals surface area contributed by atoms with Crippen LogP contribution in [0, 0.1) is 0 Å². The largest absolute Gasteiger partial charge is 0.491 e. The van der Waals surface area contributed by atoms with E-state index in [1.807, 2.05) is 12.1 Å². The second kappa shape index (κ2) is 9.26. The molecule has 1 fully saturated rings. The minimum atomic E-state index is -0.457. The van der Waals surface area contributed by atoms with Crippen LogP contribution in [0.25, 0.3) is 0 Å². The Labute approximate surface area is 131 Å². The van der Waals surface area contributed by atoms with Crippen molar-refractivity contribution < 1.29 is 14.6 Å². The summed E-state index contributed by atoms with van der Waals surface area (Å²) in [6.45, 7) is 1.86. The zero-order chi connectivity index (χ0) is 14.9. The van der Waals surface area contributed by atoms with Crippen LogP contribution in [-0.4, -0.2) is 43.6 Å². The number of benzene rings is 1. The third kappa shape index (κ3) is 6.66. The predicted octanol–water partition coefficient (Wildman–Crippen LogP) is 2.63. The molecule has 1 aliphatic rings. The highest BCUT2D eigenvalue weighted by Crippen LogP contribution is 2.17. The Morgan fingerprint density at radius 1 is 1.19 bits per heavy atom. The van der Waals surface area contributed by atoms with Gasteiger partial charge in [-0.3, -0.25) is 0 Å². The first kappa shape index (κ1) is 16.6. The molecule has 0 radical (unpaired) electrons. The van der Waals surface area contributed by atoms with E-state index in [9.17, 15) is 5.11 Å². The van der Waals surface area contributed by atoms with Gasteiger partial charge in [-0.05, 0) is 37.1 Å². The molecular formula is C16H24ClNO3. The molecule has 4 nitrogen and oxygen atoms in total. The van der Waals surface area contributed by atoms with Gasteiger partial charge >= 0.3 is 0 Å². The van der Waals surface area contributed by atoms with Gasteiger partial charge in [-0.1, -0.05) is 24.4 Å². The normalized spacial score (nSPS) is 17.0. The van der Waals surface area contributed by atoms with E-state index in [4.69, 9.17) is 21.1 Å². The number of rotatable bonds is 9. The fourth-order valence-electron chi connectivity index (χ4n) is 2.46. The maximum atomic E-state index is 9.81. The molecule has 0 aromatic heterocycles. The predicted molar refractivity (Wildman–Crippen MR) is 84.0 cm³/mol. The Hall–Kier alpha value is -0.810. The Kier molecular flexibility index (Phi) is 7.30. The fraction of sp³-hybridized carbons (Fsp3) is 0.625. The first-order chi connectivity index (χ1) is 10.2. The Morgan fingerprint density at radius 2 is 1.90 bits per heavy atom. The van der Waals surface area contributed by atoms with Crippen molar-refractivity contribution >= 4 is 11.6 Å². The van der Waals surface area contributed by atoms with Gasteiger partial charge in [0.2, 0.25) is 0 Å². The van der Waals surface area contributed by atoms with Crippen LogP contribution in [0.15, 0.2) is 24.3 Å². The van der Waals surface area contributed by atoms with Crippen molar-refractivity contribution in [2.45, 2.75) is 37.8 Å². The molecule has 21 heavy (non-hydrogen) atoms. The third-order valence-electron chi connectivity index (χ3n) is 3.62. The molecule has 5 heteroatoms. The molecule has 1 aromatic carbocycles. The van der Waals surface area contributed by atoms with E-state index in [0.717, 1.165) is 5.75 Å². The monoisotopic (exact) mass is 313 g/mol. The van der Waals surface area contributed by atoms with Crippen LogP contribution in [0.2, 0.25) is 5.02 Å². The first-order valence-corrected chi connectivity index (χ1v) is 7.99. The summed E-state index contributed by atoms with van der Waals surface area (Å²) in [6.07, 6.45) is 4.59. The fourth-order valence-corrected chi connectivity index (χ4v) is 2.59. The lowest BCUT2D eigenvalue weighted by molar-refractivity contribution is 0.0241. The summed E-state index contributed by atoms with van der Waals surface area (Å²) >= 11 is 5.79. The molecule has 118 valence electrons. The second-order valence-corrected chi connectivity index (χ2v) is 5.86. The van der Waals surface area contributed by atoms with E-state index in [1.54, 1.807) is 12.1 Å². The number of hydrogen-bond acceptors (Lipinski definition) is 4. The maximum absolute atomic E-state index is 9.81. The van der Waals surface area contributed by atoms with Crippen molar-refractivity contribution in [3.8, 4) is 5.75 Å². The molecule has 0 spiro atoms. The lowest BCUT2D eigenvalue weighted by Gasteiger charge is -2.16. The van der Waals surface area contributed by atoms with Gasteiger partial charge in [-0.2, -0.15) is 0 Å². The SMILES string of the molecule is O[C@H](CNC1CCCC1)COCCOc1ccc(Cl)cc1. The van der Waals surface area contributed by atoms with Gasteiger partial charge in [0, 0.05) is 17.6 Å². The minimum Gasteiger partial charge on any atom is -0.491 e. The van der Waals surface area contributed by atoms with Gasteiger partial charge in [0.05, 0.1) is 19.3 Å². The number of ether oxygens (including phenoxy) is 2. The highest BCUT2D eigenvalue weighted by Gasteiger charge is 2.15. The Morgan fingerprint density at radius 3 is 2.62 bits per heavy atom. The van der Waals surface area contributed by atoms with Gasteiger partial charge in [-0.15, -0.1) is 0 Å². The smallest absolute Gasteiger partial charge is 0.119 e. The van der Waals surface area contributed by atoms with E-state index in [0.29, 0.717) is 37.4 Å². The maximum Gasteiger partial charge on any atom is 0.119 e. The van der Waals surface area contributed by atoms with Crippen LogP contribution < -0.4 is 10.1 Å². The number of halogens is 1. The van der Waals surface area contributed by atoms with E-state index < -0.39 is 6.10 Å². The van der Waals surface area contributed by atoms with Crippen molar-refractivity contribution in [2.75, 3.05) is 26.4 Å². The number of aliphatic hydroxyl groups is 1. The third-order valence-corrected chi connectivity index (χ3v) is 3.87. The van der Waals surface area contributed by atoms with Crippen LogP contribution >= 0.6 is 11.6 Å². The number of nitrogens with one attached hydrogen (secondary N) is 1. The second-order valence-electron chi connectivity index (χ2n) is 5.42. The summed E-state index contributed by atoms with van der Waals surface area (Å²) in [6, 6.07) is 7.80. The highest BCUT2D eigenvalue weighted by atomic mass is 35.5. The van der Waals surface area contributed by atoms with Gasteiger partial charge in [0.1, 0.15) is 12.4 Å². The van der Waals surface area contributed by atoms with Crippen molar-refractivity contribution in [2.24, 2.45) is 0 Å². The lowest BCUT2D eigenvalue weighted by atomic mass is 10.2. The van der Waals surface area contributed by atoms with E-state index in [2.05, 4.69) is 5.32 Å². The van der Waals surface area contributed by atoms with Crippen molar-refractivity contribution in [1.82, 2.24) is 5.32 Å². The number of aliphatic hydroxyl groups excluding tert-OH is 1. The molecule has 1 atom stereocenters. The van der Waals surface area contributed by atoms with E-state index >= 15 is 0 Å². The van der Waals surface area contributed by atoms with Crippen LogP contribution in [0.5, 0.6) is 5.75 Å². The van der Waals surface area contributed by atoms with Crippen LogP contribution in [-0.2, 0) is 4.74 Å². The van der Waals surface area contributed by atoms with Gasteiger partial charge in [0.25, 0.3) is 0 Å². The number of hydrogen-bond donors (Lipinski definition) is 2. The minimum absolute atomic E-state index is 0.337. The molecule has 0 bridgehead atoms. The van der Waals surface area contributed by atoms with E-state index in [1.165, 1.54) is 25.7 Å². The quantitative estimate of drug-likeness (QED) is 0.688. The molecule has 2 N–H and O–H groups in total. The average molecular weight is 314 g/mol. The summed E-state index contributed by atoms with van der Waals surface area (Å²) in [5, 5.41) is 13.9. The summed E-state index contributed by atoms with van der Waals surface area (Å²) in [5.74, 6) is 0.770. The molecule has 0 unspecified atom stereocenters. The topological polar surface area (TPSA) is 50.7 Å². The standard InChI is InChI=1S/C16H24ClNO3/c17-13-5-7-16(8-6-13)21-10-9-20-12-15(19)11-18-14-3-1-2-4-14/h5-8,14-15,18-19H,1-4,9-12H2/t15-/m1/s1. The average Bonchev–Trinajstić information content (AvgIpc) is 3.00. The van der Waals surface area contributed by atoms with Crippen molar-refractivity contribution in [3.05, 3.63) is 29.3 Å². The molecule has 0 heterocycles. The summed E-state index contributed by atoms with van der Waals surface area (Å²) in [4.78, 5) is 0. The summed E-state index contributed by atoms with van der Waals surface area (Å²) in [7, 11) is 0. The van der Waals surface area contributed by atoms with Crippen molar-refractivity contribution in [3.63, 3.8) is 0 Å². The molecule has 0 saturated heterocycles. The molecule has 1 aromatic rings. The van der Waals surface area contributed by atoms with Gasteiger partial charge < -0.3 is 19.9 Å². The Bertz CT molecular complexity index is 393. The van der Waals surface area contributed by atoms with Crippen molar-refractivity contribution in [1.29, 1.82) is 0 Å². The summed E-state index contributed by atoms with van der Waals surface area (Å²) in [5.41, 5.74) is 0. The zero-order valence-electron chi connectivity index (χ0n) is 12.3. The molecule has 2 rings (SSSR count).